The number of nitrogens with zero attached hydrogens (tertiary/aromatic N) is 1. The van der Waals surface area contributed by atoms with E-state index in [0.29, 0.717) is 5.92 Å². The van der Waals surface area contributed by atoms with Gasteiger partial charge in [0.2, 0.25) is 0 Å². The number of rotatable bonds is 2. The highest BCUT2D eigenvalue weighted by atomic mass is 15.1. The summed E-state index contributed by atoms with van der Waals surface area (Å²) in [5, 5.41) is 0. The van der Waals surface area contributed by atoms with E-state index in [4.69, 9.17) is 11.5 Å². The van der Waals surface area contributed by atoms with Crippen molar-refractivity contribution >= 4 is 17.1 Å². The van der Waals surface area contributed by atoms with Crippen molar-refractivity contribution in [1.82, 2.24) is 0 Å². The molecule has 3 heteroatoms. The molecule has 3 nitrogen and oxygen atoms in total. The number of hydrogen-bond acceptors (Lipinski definition) is 3. The summed E-state index contributed by atoms with van der Waals surface area (Å²) < 4.78 is 0. The zero-order valence-corrected chi connectivity index (χ0v) is 11.6. The number of hydrogen-bond donors (Lipinski definition) is 2. The lowest BCUT2D eigenvalue weighted by molar-refractivity contribution is 0.510. The fourth-order valence-electron chi connectivity index (χ4n) is 2.94. The van der Waals surface area contributed by atoms with E-state index in [1.165, 1.54) is 24.1 Å². The summed E-state index contributed by atoms with van der Waals surface area (Å²) >= 11 is 0. The van der Waals surface area contributed by atoms with E-state index in [0.717, 1.165) is 24.5 Å². The lowest BCUT2D eigenvalue weighted by atomic mass is 9.90. The highest BCUT2D eigenvalue weighted by molar-refractivity contribution is 5.54. The van der Waals surface area contributed by atoms with Crippen LogP contribution in [0, 0.1) is 0 Å². The predicted molar refractivity (Wildman–Crippen MR) is 85.9 cm³/mol. The maximum absolute atomic E-state index is 5.77. The van der Waals surface area contributed by atoms with E-state index in [-0.39, 0.29) is 0 Å². The Hall–Kier alpha value is -2.16. The van der Waals surface area contributed by atoms with E-state index in [1.807, 2.05) is 24.3 Å². The molecule has 0 saturated carbocycles. The van der Waals surface area contributed by atoms with Crippen molar-refractivity contribution in [2.24, 2.45) is 0 Å². The van der Waals surface area contributed by atoms with Gasteiger partial charge in [0.15, 0.2) is 0 Å². The zero-order valence-electron chi connectivity index (χ0n) is 11.6. The molecule has 3 rings (SSSR count). The van der Waals surface area contributed by atoms with Crippen LogP contribution in [0.1, 0.15) is 24.3 Å². The van der Waals surface area contributed by atoms with Crippen LogP contribution in [-0.4, -0.2) is 13.1 Å². The summed E-state index contributed by atoms with van der Waals surface area (Å²) in [6.45, 7) is 2.18. The quantitative estimate of drug-likeness (QED) is 0.821. The van der Waals surface area contributed by atoms with Gasteiger partial charge in [0.05, 0.1) is 0 Å². The van der Waals surface area contributed by atoms with Gasteiger partial charge in [-0.15, -0.1) is 0 Å². The Labute approximate surface area is 120 Å². The van der Waals surface area contributed by atoms with Crippen molar-refractivity contribution in [3.63, 3.8) is 0 Å². The van der Waals surface area contributed by atoms with Crippen molar-refractivity contribution in [3.05, 3.63) is 54.1 Å². The zero-order chi connectivity index (χ0) is 13.9. The fourth-order valence-corrected chi connectivity index (χ4v) is 2.94. The number of benzene rings is 2. The Kier molecular flexibility index (Phi) is 3.50. The summed E-state index contributed by atoms with van der Waals surface area (Å²) in [6, 6.07) is 16.5. The summed E-state index contributed by atoms with van der Waals surface area (Å²) in [7, 11) is 0. The van der Waals surface area contributed by atoms with Crippen LogP contribution < -0.4 is 16.4 Å². The van der Waals surface area contributed by atoms with Gasteiger partial charge in [-0.05, 0) is 54.8 Å². The molecule has 0 bridgehead atoms. The molecule has 0 spiro atoms. The molecule has 1 atom stereocenters. The molecule has 1 aliphatic rings. The molecule has 4 N–H and O–H groups in total. The van der Waals surface area contributed by atoms with Crippen LogP contribution in [0.3, 0.4) is 0 Å². The van der Waals surface area contributed by atoms with E-state index < -0.39 is 0 Å². The Morgan fingerprint density at radius 1 is 0.850 bits per heavy atom. The third-order valence-corrected chi connectivity index (χ3v) is 4.09. The molecule has 2 aromatic carbocycles. The van der Waals surface area contributed by atoms with Crippen molar-refractivity contribution in [1.29, 1.82) is 0 Å². The summed E-state index contributed by atoms with van der Waals surface area (Å²) in [6.07, 6.45) is 2.47. The molecule has 0 radical (unpaired) electrons. The van der Waals surface area contributed by atoms with Crippen molar-refractivity contribution < 1.29 is 0 Å². The van der Waals surface area contributed by atoms with Gasteiger partial charge in [-0.1, -0.05) is 12.1 Å². The summed E-state index contributed by atoms with van der Waals surface area (Å²) in [5.41, 5.74) is 15.8. The van der Waals surface area contributed by atoms with E-state index in [2.05, 4.69) is 29.2 Å². The third-order valence-electron chi connectivity index (χ3n) is 4.09. The molecule has 2 aromatic rings. The number of piperidine rings is 1. The van der Waals surface area contributed by atoms with Crippen molar-refractivity contribution in [2.75, 3.05) is 29.5 Å². The van der Waals surface area contributed by atoms with Gasteiger partial charge < -0.3 is 16.4 Å². The maximum Gasteiger partial charge on any atom is 0.0367 e. The second-order valence-electron chi connectivity index (χ2n) is 5.54. The first-order chi connectivity index (χ1) is 9.72. The molecule has 20 heavy (non-hydrogen) atoms. The Balaban J connectivity index is 1.76. The summed E-state index contributed by atoms with van der Waals surface area (Å²) in [4.78, 5) is 2.45. The molecule has 104 valence electrons. The Morgan fingerprint density at radius 2 is 1.45 bits per heavy atom. The highest BCUT2D eigenvalue weighted by Gasteiger charge is 2.21. The standard InChI is InChI=1S/C17H21N3/c18-15-5-3-13(4-6-15)14-2-1-11-20(12-14)17-9-7-16(19)8-10-17/h3-10,14H,1-2,11-12,18-19H2. The fraction of sp³-hybridized carbons (Fsp3) is 0.294. The average molecular weight is 267 g/mol. The number of nitrogen functional groups attached to an aromatic ring is 2. The number of anilines is 3. The minimum atomic E-state index is 0.585. The predicted octanol–water partition coefficient (Wildman–Crippen LogP) is 3.24. The van der Waals surface area contributed by atoms with Crippen LogP contribution in [0.15, 0.2) is 48.5 Å². The SMILES string of the molecule is Nc1ccc(C2CCCN(c3ccc(N)cc3)C2)cc1. The molecule has 0 aliphatic carbocycles. The van der Waals surface area contributed by atoms with Gasteiger partial charge in [0, 0.05) is 36.1 Å². The van der Waals surface area contributed by atoms with Crippen LogP contribution >= 0.6 is 0 Å². The third kappa shape index (κ3) is 2.72. The molecular weight excluding hydrogens is 246 g/mol. The van der Waals surface area contributed by atoms with Gasteiger partial charge in [-0.3, -0.25) is 0 Å². The van der Waals surface area contributed by atoms with Crippen molar-refractivity contribution in [2.45, 2.75) is 18.8 Å². The second-order valence-corrected chi connectivity index (χ2v) is 5.54. The average Bonchev–Trinajstić information content (AvgIpc) is 2.49. The first-order valence-corrected chi connectivity index (χ1v) is 7.18. The van der Waals surface area contributed by atoms with Crippen LogP contribution in [0.2, 0.25) is 0 Å². The molecule has 1 aliphatic heterocycles. The second kappa shape index (κ2) is 5.45. The number of nitrogens with two attached hydrogens (primary N) is 2. The maximum atomic E-state index is 5.77. The molecule has 0 amide bonds. The minimum Gasteiger partial charge on any atom is -0.399 e. The first kappa shape index (κ1) is 12.9. The topological polar surface area (TPSA) is 55.3 Å². The molecule has 0 aromatic heterocycles. The van der Waals surface area contributed by atoms with Gasteiger partial charge >= 0.3 is 0 Å². The van der Waals surface area contributed by atoms with Gasteiger partial charge in [-0.25, -0.2) is 0 Å². The van der Waals surface area contributed by atoms with Crippen LogP contribution in [0.4, 0.5) is 17.1 Å². The minimum absolute atomic E-state index is 0.585. The highest BCUT2D eigenvalue weighted by Crippen LogP contribution is 2.30. The smallest absolute Gasteiger partial charge is 0.0367 e. The monoisotopic (exact) mass is 267 g/mol. The van der Waals surface area contributed by atoms with Gasteiger partial charge in [0.25, 0.3) is 0 Å². The van der Waals surface area contributed by atoms with E-state index in [1.54, 1.807) is 0 Å². The molecule has 1 fully saturated rings. The Morgan fingerprint density at radius 3 is 2.10 bits per heavy atom. The largest absolute Gasteiger partial charge is 0.399 e. The normalized spacial score (nSPS) is 19.0. The lowest BCUT2D eigenvalue weighted by Gasteiger charge is -2.34. The van der Waals surface area contributed by atoms with Crippen molar-refractivity contribution in [3.8, 4) is 0 Å². The van der Waals surface area contributed by atoms with Crippen LogP contribution in [0.5, 0.6) is 0 Å². The van der Waals surface area contributed by atoms with E-state index in [9.17, 15) is 0 Å². The van der Waals surface area contributed by atoms with E-state index >= 15 is 0 Å². The van der Waals surface area contributed by atoms with Gasteiger partial charge in [0.1, 0.15) is 0 Å². The molecule has 1 unspecified atom stereocenters. The van der Waals surface area contributed by atoms with Gasteiger partial charge in [-0.2, -0.15) is 0 Å². The first-order valence-electron chi connectivity index (χ1n) is 7.18. The Bertz CT molecular complexity index is 508. The molecular formula is C17H21N3. The van der Waals surface area contributed by atoms with Crippen LogP contribution in [0.25, 0.3) is 0 Å². The molecule has 1 saturated heterocycles. The summed E-state index contributed by atoms with van der Waals surface area (Å²) in [5.74, 6) is 0.585. The lowest BCUT2D eigenvalue weighted by Crippen LogP contribution is -2.34. The van der Waals surface area contributed by atoms with Crippen LogP contribution in [-0.2, 0) is 0 Å². The molecule has 1 heterocycles.